The summed E-state index contributed by atoms with van der Waals surface area (Å²) >= 11 is 0. The van der Waals surface area contributed by atoms with Crippen LogP contribution in [0.3, 0.4) is 0 Å². The van der Waals surface area contributed by atoms with Crippen LogP contribution in [0, 0.1) is 25.2 Å². The van der Waals surface area contributed by atoms with Gasteiger partial charge in [0.05, 0.1) is 18.4 Å². The van der Waals surface area contributed by atoms with Crippen molar-refractivity contribution in [1.82, 2.24) is 0 Å². The summed E-state index contributed by atoms with van der Waals surface area (Å²) in [6.07, 6.45) is 0. The highest BCUT2D eigenvalue weighted by Gasteiger charge is 2.18. The van der Waals surface area contributed by atoms with Crippen molar-refractivity contribution < 1.29 is 9.53 Å². The lowest BCUT2D eigenvalue weighted by atomic mass is 9.93. The normalized spacial score (nSPS) is 10.0. The molecule has 0 unspecified atom stereocenters. The predicted molar refractivity (Wildman–Crippen MR) is 81.5 cm³/mol. The number of carbonyl (C=O) groups is 1. The molecule has 0 atom stereocenters. The summed E-state index contributed by atoms with van der Waals surface area (Å²) in [7, 11) is 1.57. The van der Waals surface area contributed by atoms with Gasteiger partial charge in [-0.15, -0.1) is 0 Å². The number of aryl methyl sites for hydroxylation is 1. The van der Waals surface area contributed by atoms with Crippen LogP contribution >= 0.6 is 0 Å². The van der Waals surface area contributed by atoms with E-state index in [9.17, 15) is 10.1 Å². The van der Waals surface area contributed by atoms with Crippen LogP contribution in [-0.4, -0.2) is 12.9 Å². The van der Waals surface area contributed by atoms with E-state index in [-0.39, 0.29) is 11.5 Å². The van der Waals surface area contributed by atoms with Crippen molar-refractivity contribution in [1.29, 1.82) is 5.26 Å². The van der Waals surface area contributed by atoms with E-state index < -0.39 is 0 Å². The number of nitriles is 1. The van der Waals surface area contributed by atoms with Gasteiger partial charge < -0.3 is 10.5 Å². The first-order valence-electron chi connectivity index (χ1n) is 6.48. The molecule has 2 N–H and O–H groups in total. The quantitative estimate of drug-likeness (QED) is 0.692. The SMILES string of the molecule is COc1ccc(C(=O)c2cc(C)c(C)c(C#N)c2N)cc1. The second-order valence-corrected chi connectivity index (χ2v) is 4.82. The molecule has 0 saturated carbocycles. The van der Waals surface area contributed by atoms with Crippen LogP contribution in [0.4, 0.5) is 5.69 Å². The predicted octanol–water partition coefficient (Wildman–Crippen LogP) is 3.00. The summed E-state index contributed by atoms with van der Waals surface area (Å²) in [4.78, 5) is 12.6. The van der Waals surface area contributed by atoms with Crippen LogP contribution in [0.15, 0.2) is 30.3 Å². The molecule has 0 aliphatic heterocycles. The zero-order valence-electron chi connectivity index (χ0n) is 12.2. The van der Waals surface area contributed by atoms with Gasteiger partial charge in [0.1, 0.15) is 11.8 Å². The van der Waals surface area contributed by atoms with Gasteiger partial charge in [0.2, 0.25) is 0 Å². The molecule has 4 nitrogen and oxygen atoms in total. The van der Waals surface area contributed by atoms with E-state index >= 15 is 0 Å². The minimum atomic E-state index is -0.199. The molecule has 0 spiro atoms. The first kappa shape index (κ1) is 14.6. The third-order valence-electron chi connectivity index (χ3n) is 3.60. The molecule has 0 bridgehead atoms. The maximum atomic E-state index is 12.6. The fourth-order valence-electron chi connectivity index (χ4n) is 2.17. The Morgan fingerprint density at radius 1 is 1.24 bits per heavy atom. The van der Waals surface area contributed by atoms with E-state index in [2.05, 4.69) is 6.07 Å². The van der Waals surface area contributed by atoms with Crippen molar-refractivity contribution in [2.24, 2.45) is 0 Å². The van der Waals surface area contributed by atoms with Gasteiger partial charge in [-0.3, -0.25) is 4.79 Å². The number of rotatable bonds is 3. The fraction of sp³-hybridized carbons (Fsp3) is 0.176. The lowest BCUT2D eigenvalue weighted by Crippen LogP contribution is -2.09. The Balaban J connectivity index is 2.53. The van der Waals surface area contributed by atoms with Gasteiger partial charge >= 0.3 is 0 Å². The Morgan fingerprint density at radius 3 is 2.38 bits per heavy atom. The van der Waals surface area contributed by atoms with Gasteiger partial charge in [-0.25, -0.2) is 0 Å². The highest BCUT2D eigenvalue weighted by Crippen LogP contribution is 2.26. The Hall–Kier alpha value is -2.80. The number of nitrogens with two attached hydrogens (primary N) is 1. The molecule has 0 saturated heterocycles. The molecule has 2 aromatic rings. The zero-order valence-corrected chi connectivity index (χ0v) is 12.2. The molecule has 2 aromatic carbocycles. The van der Waals surface area contributed by atoms with Gasteiger partial charge in [-0.2, -0.15) is 5.26 Å². The number of hydrogen-bond donors (Lipinski definition) is 1. The van der Waals surface area contributed by atoms with Crippen molar-refractivity contribution in [3.05, 3.63) is 58.1 Å². The minimum Gasteiger partial charge on any atom is -0.497 e. The molecule has 2 rings (SSSR count). The van der Waals surface area contributed by atoms with Crippen LogP contribution in [0.25, 0.3) is 0 Å². The molecule has 106 valence electrons. The molecule has 0 radical (unpaired) electrons. The van der Waals surface area contributed by atoms with E-state index in [1.54, 1.807) is 37.4 Å². The molecular weight excluding hydrogens is 264 g/mol. The largest absolute Gasteiger partial charge is 0.497 e. The maximum absolute atomic E-state index is 12.6. The van der Waals surface area contributed by atoms with Crippen LogP contribution in [0.2, 0.25) is 0 Å². The summed E-state index contributed by atoms with van der Waals surface area (Å²) in [6, 6.07) is 10.6. The third kappa shape index (κ3) is 2.59. The summed E-state index contributed by atoms with van der Waals surface area (Å²) in [6.45, 7) is 3.69. The number of carbonyl (C=O) groups excluding carboxylic acids is 1. The van der Waals surface area contributed by atoms with Crippen LogP contribution in [0.5, 0.6) is 5.75 Å². The molecule has 0 fully saturated rings. The minimum absolute atomic E-state index is 0.199. The number of nitrogen functional groups attached to an aromatic ring is 1. The van der Waals surface area contributed by atoms with Gasteiger partial charge in [-0.1, -0.05) is 0 Å². The number of anilines is 1. The number of ketones is 1. The zero-order chi connectivity index (χ0) is 15.6. The molecule has 0 aromatic heterocycles. The molecule has 21 heavy (non-hydrogen) atoms. The van der Waals surface area contributed by atoms with E-state index in [0.717, 1.165) is 11.1 Å². The Morgan fingerprint density at radius 2 is 1.86 bits per heavy atom. The number of nitrogens with zero attached hydrogens (tertiary/aromatic N) is 1. The first-order valence-corrected chi connectivity index (χ1v) is 6.48. The average Bonchev–Trinajstić information content (AvgIpc) is 2.51. The van der Waals surface area contributed by atoms with Crippen molar-refractivity contribution >= 4 is 11.5 Å². The average molecular weight is 280 g/mol. The maximum Gasteiger partial charge on any atom is 0.195 e. The molecule has 0 aliphatic carbocycles. The Kier molecular flexibility index (Phi) is 3.95. The van der Waals surface area contributed by atoms with Gasteiger partial charge in [0.15, 0.2) is 5.78 Å². The number of benzene rings is 2. The third-order valence-corrected chi connectivity index (χ3v) is 3.60. The highest BCUT2D eigenvalue weighted by atomic mass is 16.5. The summed E-state index contributed by atoms with van der Waals surface area (Å²) < 4.78 is 5.07. The van der Waals surface area contributed by atoms with Crippen molar-refractivity contribution in [3.63, 3.8) is 0 Å². The lowest BCUT2D eigenvalue weighted by molar-refractivity contribution is 0.103. The second kappa shape index (κ2) is 5.68. The van der Waals surface area contributed by atoms with Crippen molar-refractivity contribution in [3.8, 4) is 11.8 Å². The van der Waals surface area contributed by atoms with E-state index in [1.807, 2.05) is 13.8 Å². The number of methoxy groups -OCH3 is 1. The monoisotopic (exact) mass is 280 g/mol. The molecule has 0 amide bonds. The Labute approximate surface area is 123 Å². The van der Waals surface area contributed by atoms with Gasteiger partial charge in [0, 0.05) is 11.1 Å². The van der Waals surface area contributed by atoms with Crippen molar-refractivity contribution in [2.45, 2.75) is 13.8 Å². The summed E-state index contributed by atoms with van der Waals surface area (Å²) in [5.74, 6) is 0.479. The lowest BCUT2D eigenvalue weighted by Gasteiger charge is -2.12. The molecule has 0 aliphatic rings. The van der Waals surface area contributed by atoms with Gasteiger partial charge in [-0.05, 0) is 55.3 Å². The van der Waals surface area contributed by atoms with E-state index in [4.69, 9.17) is 10.5 Å². The molecular formula is C17H16N2O2. The van der Waals surface area contributed by atoms with Crippen LogP contribution in [-0.2, 0) is 0 Å². The molecule has 4 heteroatoms. The number of ether oxygens (including phenoxy) is 1. The van der Waals surface area contributed by atoms with Gasteiger partial charge in [0.25, 0.3) is 0 Å². The van der Waals surface area contributed by atoms with Crippen molar-refractivity contribution in [2.75, 3.05) is 12.8 Å². The Bertz CT molecular complexity index is 741. The summed E-state index contributed by atoms with van der Waals surface area (Å²) in [5.41, 5.74) is 9.14. The number of hydrogen-bond acceptors (Lipinski definition) is 4. The van der Waals surface area contributed by atoms with E-state index in [0.29, 0.717) is 22.4 Å². The van der Waals surface area contributed by atoms with Crippen LogP contribution in [0.1, 0.15) is 32.6 Å². The smallest absolute Gasteiger partial charge is 0.195 e. The fourth-order valence-corrected chi connectivity index (χ4v) is 2.17. The topological polar surface area (TPSA) is 76.1 Å². The second-order valence-electron chi connectivity index (χ2n) is 4.82. The highest BCUT2D eigenvalue weighted by molar-refractivity contribution is 6.13. The van der Waals surface area contributed by atoms with E-state index in [1.165, 1.54) is 0 Å². The van der Waals surface area contributed by atoms with Crippen LogP contribution < -0.4 is 10.5 Å². The molecule has 0 heterocycles. The first-order chi connectivity index (χ1) is 9.99. The summed E-state index contributed by atoms with van der Waals surface area (Å²) in [5, 5.41) is 9.21. The standard InChI is InChI=1S/C17H16N2O2/c1-10-8-14(16(19)15(9-18)11(10)2)17(20)12-4-6-13(21-3)7-5-12/h4-8H,19H2,1-3H3.